The molecule has 2 aromatic carbocycles. The van der Waals surface area contributed by atoms with Crippen LogP contribution in [0.3, 0.4) is 0 Å². The number of nitrogens with zero attached hydrogens (tertiary/aromatic N) is 1. The van der Waals surface area contributed by atoms with E-state index in [2.05, 4.69) is 5.32 Å². The Balaban J connectivity index is 1.72. The van der Waals surface area contributed by atoms with Crippen molar-refractivity contribution in [1.82, 2.24) is 10.2 Å². The molecule has 1 heterocycles. The summed E-state index contributed by atoms with van der Waals surface area (Å²) in [5.74, 6) is -2.29. The lowest BCUT2D eigenvalue weighted by atomic mass is 9.93. The summed E-state index contributed by atoms with van der Waals surface area (Å²) in [6, 6.07) is 10.9. The van der Waals surface area contributed by atoms with Gasteiger partial charge in [0.1, 0.15) is 17.9 Å². The number of halogens is 1. The number of esters is 1. The van der Waals surface area contributed by atoms with Crippen LogP contribution >= 0.6 is 0 Å². The normalized spacial score (nSPS) is 17.1. The minimum absolute atomic E-state index is 0.192. The van der Waals surface area contributed by atoms with Crippen LogP contribution in [0.4, 0.5) is 4.39 Å². The van der Waals surface area contributed by atoms with Gasteiger partial charge in [-0.2, -0.15) is 0 Å². The minimum Gasteiger partial charge on any atom is -0.480 e. The van der Waals surface area contributed by atoms with Crippen LogP contribution in [0.5, 0.6) is 0 Å². The standard InChI is InChI=1S/C25H29FN2O5/c1-3-33-25(32)21(13-10-17-8-11-20(26)12-9-17)27-16(2)23(29)28-15-19-7-5-4-6-18(19)14-22(28)24(30)31/h4-9,11-12,16,21-22,27H,3,10,13-15H2,1-2H3,(H,30,31)/t16-,21-,22-/m0/s1. The van der Waals surface area contributed by atoms with Crippen molar-refractivity contribution in [2.75, 3.05) is 6.61 Å². The Morgan fingerprint density at radius 1 is 1.15 bits per heavy atom. The van der Waals surface area contributed by atoms with Gasteiger partial charge >= 0.3 is 11.9 Å². The number of carbonyl (C=O) groups is 3. The SMILES string of the molecule is CCOC(=O)[C@H](CCc1ccc(F)cc1)N[C@@H](C)C(=O)N1Cc2ccccc2C[C@H]1C(=O)O. The second-order valence-corrected chi connectivity index (χ2v) is 8.15. The first-order chi connectivity index (χ1) is 15.8. The molecule has 0 aliphatic carbocycles. The molecule has 2 N–H and O–H groups in total. The van der Waals surface area contributed by atoms with Crippen molar-refractivity contribution in [1.29, 1.82) is 0 Å². The molecule has 1 amide bonds. The molecule has 0 fully saturated rings. The lowest BCUT2D eigenvalue weighted by Crippen LogP contribution is -2.56. The molecule has 3 atom stereocenters. The van der Waals surface area contributed by atoms with Crippen LogP contribution in [0.2, 0.25) is 0 Å². The number of hydrogen-bond acceptors (Lipinski definition) is 5. The molecular formula is C25H29FN2O5. The Kier molecular flexibility index (Phi) is 8.16. The predicted octanol–water partition coefficient (Wildman–Crippen LogP) is 2.71. The number of amides is 1. The van der Waals surface area contributed by atoms with Gasteiger partial charge < -0.3 is 14.7 Å². The van der Waals surface area contributed by atoms with E-state index in [1.807, 2.05) is 24.3 Å². The summed E-state index contributed by atoms with van der Waals surface area (Å²) in [6.07, 6.45) is 1.05. The van der Waals surface area contributed by atoms with Crippen molar-refractivity contribution in [3.8, 4) is 0 Å². The highest BCUT2D eigenvalue weighted by atomic mass is 19.1. The molecular weight excluding hydrogens is 427 g/mol. The van der Waals surface area contributed by atoms with E-state index in [0.717, 1.165) is 16.7 Å². The molecule has 176 valence electrons. The Morgan fingerprint density at radius 3 is 2.45 bits per heavy atom. The van der Waals surface area contributed by atoms with Crippen LogP contribution in [-0.2, 0) is 38.5 Å². The van der Waals surface area contributed by atoms with Crippen LogP contribution in [0.25, 0.3) is 0 Å². The average molecular weight is 457 g/mol. The number of nitrogens with one attached hydrogen (secondary N) is 1. The molecule has 33 heavy (non-hydrogen) atoms. The van der Waals surface area contributed by atoms with Crippen molar-refractivity contribution in [2.45, 2.75) is 57.8 Å². The number of fused-ring (bicyclic) bond motifs is 1. The number of carboxylic acid groups (broad SMARTS) is 1. The first-order valence-electron chi connectivity index (χ1n) is 11.1. The summed E-state index contributed by atoms with van der Waals surface area (Å²) >= 11 is 0. The monoisotopic (exact) mass is 456 g/mol. The number of ether oxygens (including phenoxy) is 1. The smallest absolute Gasteiger partial charge is 0.326 e. The van der Waals surface area contributed by atoms with E-state index in [4.69, 9.17) is 4.74 Å². The van der Waals surface area contributed by atoms with Gasteiger partial charge in [0.05, 0.1) is 12.6 Å². The number of carbonyl (C=O) groups excluding carboxylic acids is 2. The molecule has 0 radical (unpaired) electrons. The summed E-state index contributed by atoms with van der Waals surface area (Å²) in [7, 11) is 0. The number of hydrogen-bond donors (Lipinski definition) is 2. The highest BCUT2D eigenvalue weighted by molar-refractivity contribution is 5.88. The summed E-state index contributed by atoms with van der Waals surface area (Å²) in [5.41, 5.74) is 2.68. The lowest BCUT2D eigenvalue weighted by molar-refractivity contribution is -0.153. The fourth-order valence-corrected chi connectivity index (χ4v) is 4.07. The molecule has 0 saturated heterocycles. The molecule has 2 aromatic rings. The van der Waals surface area contributed by atoms with Gasteiger partial charge in [-0.3, -0.25) is 14.9 Å². The quantitative estimate of drug-likeness (QED) is 0.564. The topological polar surface area (TPSA) is 95.9 Å². The van der Waals surface area contributed by atoms with Crippen LogP contribution in [0, 0.1) is 5.82 Å². The van der Waals surface area contributed by atoms with E-state index < -0.39 is 36.0 Å². The van der Waals surface area contributed by atoms with Crippen LogP contribution in [0.1, 0.15) is 37.0 Å². The molecule has 1 aliphatic heterocycles. The highest BCUT2D eigenvalue weighted by Gasteiger charge is 2.37. The summed E-state index contributed by atoms with van der Waals surface area (Å²) in [6.45, 7) is 3.70. The van der Waals surface area contributed by atoms with Gasteiger partial charge in [-0.1, -0.05) is 36.4 Å². The zero-order valence-corrected chi connectivity index (χ0v) is 18.8. The fraction of sp³-hybridized carbons (Fsp3) is 0.400. The van der Waals surface area contributed by atoms with Crippen LogP contribution < -0.4 is 5.32 Å². The van der Waals surface area contributed by atoms with E-state index in [-0.39, 0.29) is 25.4 Å². The van der Waals surface area contributed by atoms with Gasteiger partial charge in [0.2, 0.25) is 5.91 Å². The van der Waals surface area contributed by atoms with Gasteiger partial charge in [0.25, 0.3) is 0 Å². The van der Waals surface area contributed by atoms with Crippen molar-refractivity contribution >= 4 is 17.8 Å². The molecule has 1 aliphatic rings. The van der Waals surface area contributed by atoms with E-state index in [1.165, 1.54) is 17.0 Å². The van der Waals surface area contributed by atoms with Gasteiger partial charge in [-0.25, -0.2) is 9.18 Å². The summed E-state index contributed by atoms with van der Waals surface area (Å²) in [5, 5.41) is 12.8. The Morgan fingerprint density at radius 2 is 1.82 bits per heavy atom. The zero-order valence-electron chi connectivity index (χ0n) is 18.8. The third-order valence-electron chi connectivity index (χ3n) is 5.84. The first kappa shape index (κ1) is 24.4. The van der Waals surface area contributed by atoms with Gasteiger partial charge in [-0.15, -0.1) is 0 Å². The molecule has 8 heteroatoms. The van der Waals surface area contributed by atoms with E-state index in [9.17, 15) is 23.9 Å². The van der Waals surface area contributed by atoms with Crippen LogP contribution in [-0.4, -0.2) is 52.6 Å². The number of aryl methyl sites for hydroxylation is 1. The van der Waals surface area contributed by atoms with Crippen molar-refractivity contribution in [3.63, 3.8) is 0 Å². The molecule has 0 unspecified atom stereocenters. The summed E-state index contributed by atoms with van der Waals surface area (Å²) < 4.78 is 18.3. The molecule has 0 aromatic heterocycles. The Hall–Kier alpha value is -3.26. The third kappa shape index (κ3) is 6.16. The third-order valence-corrected chi connectivity index (χ3v) is 5.84. The Labute approximate surface area is 192 Å². The number of aliphatic carboxylic acids is 1. The maximum atomic E-state index is 13.3. The summed E-state index contributed by atoms with van der Waals surface area (Å²) in [4.78, 5) is 39.0. The van der Waals surface area contributed by atoms with Gasteiger partial charge in [0, 0.05) is 13.0 Å². The molecule has 0 spiro atoms. The van der Waals surface area contributed by atoms with Gasteiger partial charge in [0.15, 0.2) is 0 Å². The fourth-order valence-electron chi connectivity index (χ4n) is 4.07. The second-order valence-electron chi connectivity index (χ2n) is 8.15. The van der Waals surface area contributed by atoms with Crippen molar-refractivity contribution in [2.24, 2.45) is 0 Å². The molecule has 7 nitrogen and oxygen atoms in total. The first-order valence-corrected chi connectivity index (χ1v) is 11.1. The second kappa shape index (κ2) is 11.0. The van der Waals surface area contributed by atoms with E-state index in [0.29, 0.717) is 12.8 Å². The highest BCUT2D eigenvalue weighted by Crippen LogP contribution is 2.24. The Bertz CT molecular complexity index is 995. The number of carboxylic acids is 1. The molecule has 0 saturated carbocycles. The lowest BCUT2D eigenvalue weighted by Gasteiger charge is -2.36. The van der Waals surface area contributed by atoms with Crippen molar-refractivity contribution in [3.05, 3.63) is 71.0 Å². The molecule has 3 rings (SSSR count). The van der Waals surface area contributed by atoms with E-state index >= 15 is 0 Å². The van der Waals surface area contributed by atoms with Crippen molar-refractivity contribution < 1.29 is 28.6 Å². The van der Waals surface area contributed by atoms with Crippen LogP contribution in [0.15, 0.2) is 48.5 Å². The largest absolute Gasteiger partial charge is 0.480 e. The zero-order chi connectivity index (χ0) is 24.0. The maximum Gasteiger partial charge on any atom is 0.326 e. The number of rotatable bonds is 9. The average Bonchev–Trinajstić information content (AvgIpc) is 2.81. The predicted molar refractivity (Wildman–Crippen MR) is 120 cm³/mol. The van der Waals surface area contributed by atoms with E-state index in [1.54, 1.807) is 26.0 Å². The van der Waals surface area contributed by atoms with Gasteiger partial charge in [-0.05, 0) is 55.5 Å². The number of benzene rings is 2. The maximum absolute atomic E-state index is 13.3. The minimum atomic E-state index is -1.07. The molecule has 0 bridgehead atoms.